The van der Waals surface area contributed by atoms with Gasteiger partial charge in [-0.15, -0.1) is 0 Å². The van der Waals surface area contributed by atoms with Crippen molar-refractivity contribution in [3.05, 3.63) is 0 Å². The number of nitrogens with zero attached hydrogens (tertiary/aromatic N) is 1. The molecule has 0 heterocycles. The summed E-state index contributed by atoms with van der Waals surface area (Å²) in [5, 5.41) is 20.4. The molecule has 0 spiro atoms. The van der Waals surface area contributed by atoms with Crippen LogP contribution >= 0.6 is 0 Å². The molecule has 0 aliphatic carbocycles. The number of aliphatic hydroxyl groups is 1. The van der Waals surface area contributed by atoms with Gasteiger partial charge in [0.15, 0.2) is 0 Å². The Morgan fingerprint density at radius 2 is 1.78 bits per heavy atom. The van der Waals surface area contributed by atoms with Gasteiger partial charge in [0.2, 0.25) is 0 Å². The molecule has 1 atom stereocenters. The van der Waals surface area contributed by atoms with Crippen molar-refractivity contribution >= 4 is 12.0 Å². The van der Waals surface area contributed by atoms with Crippen LogP contribution in [0.2, 0.25) is 0 Å². The molecule has 0 saturated heterocycles. The number of hydrogen-bond acceptors (Lipinski definition) is 3. The van der Waals surface area contributed by atoms with Crippen LogP contribution in [0.3, 0.4) is 0 Å². The van der Waals surface area contributed by atoms with E-state index in [1.165, 1.54) is 4.90 Å². The molecule has 0 saturated carbocycles. The minimum absolute atomic E-state index is 0.0354. The summed E-state index contributed by atoms with van der Waals surface area (Å²) in [6.45, 7) is 7.53. The van der Waals surface area contributed by atoms with Gasteiger partial charge in [-0.05, 0) is 19.8 Å². The van der Waals surface area contributed by atoms with Gasteiger partial charge in [-0.3, -0.25) is 4.79 Å². The lowest BCUT2D eigenvalue weighted by Gasteiger charge is -2.29. The number of carboxylic acid groups (broad SMARTS) is 1. The summed E-state index contributed by atoms with van der Waals surface area (Å²) in [7, 11) is 0. The van der Waals surface area contributed by atoms with E-state index in [0.717, 1.165) is 0 Å². The van der Waals surface area contributed by atoms with Crippen molar-refractivity contribution in [2.24, 2.45) is 5.92 Å². The summed E-state index contributed by atoms with van der Waals surface area (Å²) in [5.41, 5.74) is 0. The maximum absolute atomic E-state index is 12.0. The Hall–Kier alpha value is -1.30. The van der Waals surface area contributed by atoms with Crippen molar-refractivity contribution < 1.29 is 19.8 Å². The minimum Gasteiger partial charge on any atom is -0.481 e. The minimum atomic E-state index is -0.938. The van der Waals surface area contributed by atoms with E-state index in [1.807, 2.05) is 27.7 Å². The highest BCUT2D eigenvalue weighted by Crippen LogP contribution is 2.08. The molecule has 0 aromatic heterocycles. The fourth-order valence-electron chi connectivity index (χ4n) is 1.59. The van der Waals surface area contributed by atoms with Crippen LogP contribution < -0.4 is 5.32 Å². The number of amides is 2. The quantitative estimate of drug-likeness (QED) is 0.634. The zero-order chi connectivity index (χ0) is 14.3. The van der Waals surface area contributed by atoms with Gasteiger partial charge in [0, 0.05) is 18.6 Å². The second-order valence-electron chi connectivity index (χ2n) is 4.91. The third kappa shape index (κ3) is 5.86. The van der Waals surface area contributed by atoms with Gasteiger partial charge in [-0.2, -0.15) is 0 Å². The number of aliphatic carboxylic acids is 1. The molecule has 0 aliphatic rings. The lowest BCUT2D eigenvalue weighted by atomic mass is 10.0. The first-order valence-electron chi connectivity index (χ1n) is 6.19. The summed E-state index contributed by atoms with van der Waals surface area (Å²) in [6, 6.07) is -0.788. The first kappa shape index (κ1) is 16.7. The highest BCUT2D eigenvalue weighted by Gasteiger charge is 2.23. The summed E-state index contributed by atoms with van der Waals surface area (Å²) in [6.07, 6.45) is -0.103. The van der Waals surface area contributed by atoms with E-state index < -0.39 is 12.0 Å². The van der Waals surface area contributed by atoms with Crippen molar-refractivity contribution in [2.45, 2.75) is 46.2 Å². The molecule has 3 N–H and O–H groups in total. The summed E-state index contributed by atoms with van der Waals surface area (Å²) in [5.74, 6) is -0.902. The molecular formula is C12H24N2O4. The summed E-state index contributed by atoms with van der Waals surface area (Å²) >= 11 is 0. The van der Waals surface area contributed by atoms with E-state index in [-0.39, 0.29) is 37.6 Å². The SMILES string of the molecule is CC(C)C(CC(=O)O)NC(=O)N(CCO)C(C)C. The second-order valence-corrected chi connectivity index (χ2v) is 4.91. The number of nitrogens with one attached hydrogen (secondary N) is 1. The molecule has 0 aromatic carbocycles. The van der Waals surface area contributed by atoms with Gasteiger partial charge in [0.25, 0.3) is 0 Å². The van der Waals surface area contributed by atoms with E-state index in [0.29, 0.717) is 0 Å². The first-order chi connectivity index (χ1) is 8.29. The predicted molar refractivity (Wildman–Crippen MR) is 68.3 cm³/mol. The number of carbonyl (C=O) groups excluding carboxylic acids is 1. The van der Waals surface area contributed by atoms with Crippen molar-refractivity contribution in [2.75, 3.05) is 13.2 Å². The van der Waals surface area contributed by atoms with E-state index in [4.69, 9.17) is 10.2 Å². The molecule has 6 heteroatoms. The van der Waals surface area contributed by atoms with E-state index in [2.05, 4.69) is 5.32 Å². The third-order valence-corrected chi connectivity index (χ3v) is 2.73. The van der Waals surface area contributed by atoms with Crippen molar-refractivity contribution in [3.8, 4) is 0 Å². The number of rotatable bonds is 7. The van der Waals surface area contributed by atoms with Crippen LogP contribution in [0.4, 0.5) is 4.79 Å². The zero-order valence-corrected chi connectivity index (χ0v) is 11.5. The summed E-state index contributed by atoms with van der Waals surface area (Å²) in [4.78, 5) is 24.2. The summed E-state index contributed by atoms with van der Waals surface area (Å²) < 4.78 is 0. The van der Waals surface area contributed by atoms with Crippen LogP contribution in [0.25, 0.3) is 0 Å². The molecule has 0 radical (unpaired) electrons. The highest BCUT2D eigenvalue weighted by atomic mass is 16.4. The van der Waals surface area contributed by atoms with Gasteiger partial charge in [-0.1, -0.05) is 13.8 Å². The fraction of sp³-hybridized carbons (Fsp3) is 0.833. The van der Waals surface area contributed by atoms with Crippen LogP contribution in [0.1, 0.15) is 34.1 Å². The van der Waals surface area contributed by atoms with Crippen LogP contribution in [-0.4, -0.2) is 52.3 Å². The monoisotopic (exact) mass is 260 g/mol. The number of carbonyl (C=O) groups is 2. The Morgan fingerprint density at radius 3 is 2.11 bits per heavy atom. The second kappa shape index (κ2) is 7.92. The molecule has 106 valence electrons. The van der Waals surface area contributed by atoms with E-state index >= 15 is 0 Å². The average molecular weight is 260 g/mol. The van der Waals surface area contributed by atoms with E-state index in [1.54, 1.807) is 0 Å². The van der Waals surface area contributed by atoms with Crippen LogP contribution in [-0.2, 0) is 4.79 Å². The topological polar surface area (TPSA) is 89.9 Å². The molecule has 1 unspecified atom stereocenters. The molecule has 18 heavy (non-hydrogen) atoms. The number of carboxylic acids is 1. The largest absolute Gasteiger partial charge is 0.481 e. The average Bonchev–Trinajstić information content (AvgIpc) is 2.23. The first-order valence-corrected chi connectivity index (χ1v) is 6.19. The van der Waals surface area contributed by atoms with Crippen LogP contribution in [0.5, 0.6) is 0 Å². The number of urea groups is 1. The Balaban J connectivity index is 4.60. The standard InChI is InChI=1S/C12H24N2O4/c1-8(2)10(7-11(16)17)13-12(18)14(5-6-15)9(3)4/h8-10,15H,5-7H2,1-4H3,(H,13,18)(H,16,17). The van der Waals surface area contributed by atoms with Crippen molar-refractivity contribution in [1.29, 1.82) is 0 Å². The third-order valence-electron chi connectivity index (χ3n) is 2.73. The molecule has 0 aromatic rings. The van der Waals surface area contributed by atoms with Gasteiger partial charge in [0.05, 0.1) is 13.0 Å². The molecule has 0 rings (SSSR count). The predicted octanol–water partition coefficient (Wildman–Crippen LogP) is 0.898. The Kier molecular flexibility index (Phi) is 7.35. The molecule has 6 nitrogen and oxygen atoms in total. The molecule has 0 fully saturated rings. The van der Waals surface area contributed by atoms with E-state index in [9.17, 15) is 9.59 Å². The Morgan fingerprint density at radius 1 is 1.22 bits per heavy atom. The smallest absolute Gasteiger partial charge is 0.317 e. The molecular weight excluding hydrogens is 236 g/mol. The maximum Gasteiger partial charge on any atom is 0.317 e. The Labute approximate surface area is 108 Å². The maximum atomic E-state index is 12.0. The van der Waals surface area contributed by atoms with Crippen molar-refractivity contribution in [1.82, 2.24) is 10.2 Å². The normalized spacial score (nSPS) is 12.6. The van der Waals surface area contributed by atoms with Gasteiger partial charge < -0.3 is 20.4 Å². The molecule has 0 bridgehead atoms. The lowest BCUT2D eigenvalue weighted by Crippen LogP contribution is -2.50. The van der Waals surface area contributed by atoms with Gasteiger partial charge in [0.1, 0.15) is 0 Å². The van der Waals surface area contributed by atoms with Crippen LogP contribution in [0.15, 0.2) is 0 Å². The van der Waals surface area contributed by atoms with Crippen LogP contribution in [0, 0.1) is 5.92 Å². The highest BCUT2D eigenvalue weighted by molar-refractivity contribution is 5.76. The number of aliphatic hydroxyl groups excluding tert-OH is 1. The Bertz CT molecular complexity index is 279. The van der Waals surface area contributed by atoms with Gasteiger partial charge in [-0.25, -0.2) is 4.79 Å². The van der Waals surface area contributed by atoms with Gasteiger partial charge >= 0.3 is 12.0 Å². The molecule has 0 aliphatic heterocycles. The molecule has 2 amide bonds. The fourth-order valence-corrected chi connectivity index (χ4v) is 1.59. The van der Waals surface area contributed by atoms with Crippen molar-refractivity contribution in [3.63, 3.8) is 0 Å². The lowest BCUT2D eigenvalue weighted by molar-refractivity contribution is -0.137. The number of hydrogen-bond donors (Lipinski definition) is 3. The zero-order valence-electron chi connectivity index (χ0n) is 11.5.